The smallest absolute Gasteiger partial charge is 0.241 e. The van der Waals surface area contributed by atoms with E-state index in [0.29, 0.717) is 12.4 Å². The van der Waals surface area contributed by atoms with Crippen LogP contribution >= 0.6 is 0 Å². The molecule has 27 heavy (non-hydrogen) atoms. The van der Waals surface area contributed by atoms with Gasteiger partial charge in [-0.3, -0.25) is 0 Å². The molecule has 2 aromatic carbocycles. The predicted molar refractivity (Wildman–Crippen MR) is 108 cm³/mol. The minimum Gasteiger partial charge on any atom is -0.491 e. The molecule has 142 valence electrons. The lowest BCUT2D eigenvalue weighted by Crippen LogP contribution is -2.18. The lowest BCUT2D eigenvalue weighted by atomic mass is 10.0. The maximum Gasteiger partial charge on any atom is 0.241 e. The summed E-state index contributed by atoms with van der Waals surface area (Å²) in [6.45, 7) is 4.50. The van der Waals surface area contributed by atoms with E-state index in [1.807, 2.05) is 38.1 Å². The summed E-state index contributed by atoms with van der Waals surface area (Å²) in [5, 5.41) is 5.50. The highest BCUT2D eigenvalue weighted by molar-refractivity contribution is 7.89. The first kappa shape index (κ1) is 19.1. The van der Waals surface area contributed by atoms with E-state index in [9.17, 15) is 8.42 Å². The number of ether oxygens (including phenoxy) is 1. The van der Waals surface area contributed by atoms with Crippen molar-refractivity contribution >= 4 is 26.6 Å². The fourth-order valence-corrected chi connectivity index (χ4v) is 3.48. The zero-order valence-corrected chi connectivity index (χ0v) is 16.4. The third-order valence-corrected chi connectivity index (χ3v) is 5.52. The third-order valence-electron chi connectivity index (χ3n) is 4.12. The molecule has 0 atom stereocenters. The number of nitrogens with one attached hydrogen (secondary N) is 2. The number of benzene rings is 2. The van der Waals surface area contributed by atoms with E-state index >= 15 is 0 Å². The van der Waals surface area contributed by atoms with Crippen LogP contribution in [-0.2, 0) is 16.6 Å². The zero-order valence-electron chi connectivity index (χ0n) is 15.6. The Bertz CT molecular complexity index is 1030. The van der Waals surface area contributed by atoms with Gasteiger partial charge < -0.3 is 10.1 Å². The van der Waals surface area contributed by atoms with Crippen LogP contribution < -0.4 is 14.8 Å². The minimum absolute atomic E-state index is 0.0640. The molecule has 1 aromatic heterocycles. The average Bonchev–Trinajstić information content (AvgIpc) is 2.67. The van der Waals surface area contributed by atoms with Crippen LogP contribution in [0.5, 0.6) is 5.75 Å². The van der Waals surface area contributed by atoms with Crippen molar-refractivity contribution in [2.75, 3.05) is 12.4 Å². The number of hydrogen-bond acceptors (Lipinski definition) is 5. The summed E-state index contributed by atoms with van der Waals surface area (Å²) in [7, 11) is -2.12. The molecule has 3 aromatic rings. The van der Waals surface area contributed by atoms with E-state index in [0.717, 1.165) is 22.1 Å². The monoisotopic (exact) mass is 385 g/mol. The van der Waals surface area contributed by atoms with Crippen molar-refractivity contribution in [1.82, 2.24) is 9.71 Å². The molecule has 0 radical (unpaired) electrons. The summed E-state index contributed by atoms with van der Waals surface area (Å²) in [4.78, 5) is 4.34. The van der Waals surface area contributed by atoms with E-state index < -0.39 is 10.0 Å². The van der Waals surface area contributed by atoms with Gasteiger partial charge in [0.25, 0.3) is 0 Å². The average molecular weight is 385 g/mol. The summed E-state index contributed by atoms with van der Waals surface area (Å²) < 4.78 is 31.8. The fourth-order valence-electron chi connectivity index (χ4n) is 2.80. The SMILES string of the molecule is CNS(=O)(=O)c1ccc(NCc2c(OC(C)C)ccc3ccccc23)nc1. The van der Waals surface area contributed by atoms with Crippen molar-refractivity contribution in [2.45, 2.75) is 31.4 Å². The van der Waals surface area contributed by atoms with Crippen molar-refractivity contribution < 1.29 is 13.2 Å². The zero-order chi connectivity index (χ0) is 19.4. The Morgan fingerprint density at radius 3 is 2.52 bits per heavy atom. The Balaban J connectivity index is 1.88. The van der Waals surface area contributed by atoms with Gasteiger partial charge in [0.05, 0.1) is 6.10 Å². The first-order valence-electron chi connectivity index (χ1n) is 8.71. The maximum atomic E-state index is 11.8. The van der Waals surface area contributed by atoms with Gasteiger partial charge in [-0.2, -0.15) is 0 Å². The van der Waals surface area contributed by atoms with Crippen molar-refractivity contribution in [2.24, 2.45) is 0 Å². The Morgan fingerprint density at radius 1 is 1.07 bits per heavy atom. The van der Waals surface area contributed by atoms with Crippen molar-refractivity contribution in [3.63, 3.8) is 0 Å². The van der Waals surface area contributed by atoms with Crippen LogP contribution in [0.4, 0.5) is 5.82 Å². The van der Waals surface area contributed by atoms with Gasteiger partial charge in [0, 0.05) is 18.3 Å². The molecule has 0 aliphatic rings. The summed E-state index contributed by atoms with van der Waals surface area (Å²) in [5.74, 6) is 1.42. The molecular weight excluding hydrogens is 362 g/mol. The predicted octanol–water partition coefficient (Wildman–Crippen LogP) is 3.54. The van der Waals surface area contributed by atoms with Gasteiger partial charge in [-0.05, 0) is 49.9 Å². The first-order valence-corrected chi connectivity index (χ1v) is 10.2. The molecule has 3 rings (SSSR count). The summed E-state index contributed by atoms with van der Waals surface area (Å²) in [5.41, 5.74) is 1.04. The highest BCUT2D eigenvalue weighted by Gasteiger charge is 2.13. The second kappa shape index (κ2) is 7.94. The molecule has 2 N–H and O–H groups in total. The number of fused-ring (bicyclic) bond motifs is 1. The van der Waals surface area contributed by atoms with Gasteiger partial charge in [0.15, 0.2) is 0 Å². The number of aromatic nitrogens is 1. The second-order valence-electron chi connectivity index (χ2n) is 6.37. The van der Waals surface area contributed by atoms with Gasteiger partial charge in [-0.15, -0.1) is 0 Å². The van der Waals surface area contributed by atoms with Gasteiger partial charge in [0.1, 0.15) is 16.5 Å². The lowest BCUT2D eigenvalue weighted by molar-refractivity contribution is 0.240. The molecule has 0 aliphatic heterocycles. The van der Waals surface area contributed by atoms with E-state index in [2.05, 4.69) is 27.2 Å². The third kappa shape index (κ3) is 4.37. The Hall–Kier alpha value is -2.64. The standard InChI is InChI=1S/C20H23N3O3S/c1-14(2)26-19-10-8-15-6-4-5-7-17(15)18(19)13-23-20-11-9-16(12-22-20)27(24,25)21-3/h4-12,14,21H,13H2,1-3H3,(H,22,23). The topological polar surface area (TPSA) is 80.3 Å². The van der Waals surface area contributed by atoms with Crippen LogP contribution in [-0.4, -0.2) is 26.6 Å². The van der Waals surface area contributed by atoms with Crippen LogP contribution in [0.3, 0.4) is 0 Å². The molecule has 0 amide bonds. The number of hydrogen-bond donors (Lipinski definition) is 2. The molecule has 0 fully saturated rings. The maximum absolute atomic E-state index is 11.8. The number of anilines is 1. The minimum atomic E-state index is -3.49. The Morgan fingerprint density at radius 2 is 1.85 bits per heavy atom. The number of sulfonamides is 1. The number of rotatable bonds is 7. The fraction of sp³-hybridized carbons (Fsp3) is 0.250. The highest BCUT2D eigenvalue weighted by atomic mass is 32.2. The van der Waals surface area contributed by atoms with Crippen LogP contribution in [0.1, 0.15) is 19.4 Å². The summed E-state index contributed by atoms with van der Waals surface area (Å²) >= 11 is 0. The van der Waals surface area contributed by atoms with E-state index in [1.165, 1.54) is 19.3 Å². The van der Waals surface area contributed by atoms with E-state index in [1.54, 1.807) is 6.07 Å². The molecule has 7 heteroatoms. The van der Waals surface area contributed by atoms with Gasteiger partial charge in [-0.1, -0.05) is 30.3 Å². The molecule has 0 spiro atoms. The van der Waals surface area contributed by atoms with E-state index in [-0.39, 0.29) is 11.0 Å². The van der Waals surface area contributed by atoms with Gasteiger partial charge in [-0.25, -0.2) is 18.1 Å². The first-order chi connectivity index (χ1) is 12.9. The van der Waals surface area contributed by atoms with Crippen LogP contribution in [0.25, 0.3) is 10.8 Å². The van der Waals surface area contributed by atoms with Gasteiger partial charge in [0.2, 0.25) is 10.0 Å². The Labute approximate surface area is 159 Å². The van der Waals surface area contributed by atoms with Crippen LogP contribution in [0, 0.1) is 0 Å². The molecule has 0 aliphatic carbocycles. The highest BCUT2D eigenvalue weighted by Crippen LogP contribution is 2.29. The van der Waals surface area contributed by atoms with Crippen molar-refractivity contribution in [3.05, 3.63) is 60.3 Å². The van der Waals surface area contributed by atoms with Gasteiger partial charge >= 0.3 is 0 Å². The summed E-state index contributed by atoms with van der Waals surface area (Å²) in [6.07, 6.45) is 1.40. The van der Waals surface area contributed by atoms with E-state index in [4.69, 9.17) is 4.74 Å². The van der Waals surface area contributed by atoms with Crippen molar-refractivity contribution in [1.29, 1.82) is 0 Å². The molecule has 0 saturated heterocycles. The molecule has 6 nitrogen and oxygen atoms in total. The molecule has 0 unspecified atom stereocenters. The van der Waals surface area contributed by atoms with Crippen molar-refractivity contribution in [3.8, 4) is 5.75 Å². The molecular formula is C20H23N3O3S. The van der Waals surface area contributed by atoms with Crippen LogP contribution in [0.2, 0.25) is 0 Å². The number of nitrogens with zero attached hydrogens (tertiary/aromatic N) is 1. The largest absolute Gasteiger partial charge is 0.491 e. The van der Waals surface area contributed by atoms with Crippen LogP contribution in [0.15, 0.2) is 59.6 Å². The molecule has 0 saturated carbocycles. The Kier molecular flexibility index (Phi) is 5.62. The summed E-state index contributed by atoms with van der Waals surface area (Å²) in [6, 6.07) is 15.3. The normalized spacial score (nSPS) is 11.7. The lowest BCUT2D eigenvalue weighted by Gasteiger charge is -2.17. The quantitative estimate of drug-likeness (QED) is 0.650. The molecule has 1 heterocycles. The molecule has 0 bridgehead atoms. The second-order valence-corrected chi connectivity index (χ2v) is 8.26. The number of pyridine rings is 1.